The smallest absolute Gasteiger partial charge is 0.319 e. The molecule has 1 aliphatic rings. The van der Waals surface area contributed by atoms with Gasteiger partial charge in [0.1, 0.15) is 0 Å². The maximum Gasteiger partial charge on any atom is 0.319 e. The van der Waals surface area contributed by atoms with Crippen LogP contribution in [0.4, 0.5) is 22.1 Å². The minimum atomic E-state index is -0.253. The molecule has 148 valence electrons. The van der Waals surface area contributed by atoms with Crippen LogP contribution in [0.25, 0.3) is 0 Å². The summed E-state index contributed by atoms with van der Waals surface area (Å²) >= 11 is 0. The van der Waals surface area contributed by atoms with Crippen LogP contribution in [0.1, 0.15) is 26.7 Å². The van der Waals surface area contributed by atoms with Gasteiger partial charge >= 0.3 is 6.03 Å². The molecular formula is C20H26N6O2. The number of carbonyl (C=O) groups is 2. The number of hydrogen-bond donors (Lipinski definition) is 3. The number of rotatable bonds is 5. The van der Waals surface area contributed by atoms with Gasteiger partial charge in [0.15, 0.2) is 0 Å². The van der Waals surface area contributed by atoms with Crippen molar-refractivity contribution in [2.75, 3.05) is 28.6 Å². The van der Waals surface area contributed by atoms with Crippen LogP contribution in [0.15, 0.2) is 42.7 Å². The Bertz CT molecular complexity index is 794. The summed E-state index contributed by atoms with van der Waals surface area (Å²) in [6, 6.07) is 8.68. The van der Waals surface area contributed by atoms with Crippen molar-refractivity contribution in [3.8, 4) is 0 Å². The van der Waals surface area contributed by atoms with E-state index in [1.54, 1.807) is 42.7 Å². The van der Waals surface area contributed by atoms with E-state index in [1.807, 2.05) is 18.7 Å². The van der Waals surface area contributed by atoms with Gasteiger partial charge in [-0.1, -0.05) is 0 Å². The van der Waals surface area contributed by atoms with Crippen molar-refractivity contribution in [3.63, 3.8) is 0 Å². The Kier molecular flexibility index (Phi) is 6.41. The Morgan fingerprint density at radius 2 is 1.71 bits per heavy atom. The minimum Gasteiger partial charge on any atom is -0.340 e. The normalized spacial score (nSPS) is 16.5. The summed E-state index contributed by atoms with van der Waals surface area (Å²) in [7, 11) is 0. The lowest BCUT2D eigenvalue weighted by Crippen LogP contribution is -2.41. The molecule has 0 radical (unpaired) electrons. The lowest BCUT2D eigenvalue weighted by Gasteiger charge is -2.31. The molecule has 2 aromatic rings. The number of aromatic nitrogens is 2. The summed E-state index contributed by atoms with van der Waals surface area (Å²) in [5, 5.41) is 8.48. The number of anilines is 3. The topological polar surface area (TPSA) is 99.2 Å². The van der Waals surface area contributed by atoms with Gasteiger partial charge in [0, 0.05) is 42.9 Å². The third-order valence-corrected chi connectivity index (χ3v) is 4.46. The number of piperidine rings is 1. The SMILES string of the molecule is CC(C)NC(=O)Nc1ccc(NC(=O)C2CCCN(c3ncccn3)C2)cc1. The number of urea groups is 1. The van der Waals surface area contributed by atoms with E-state index in [-0.39, 0.29) is 23.9 Å². The van der Waals surface area contributed by atoms with Gasteiger partial charge in [-0.05, 0) is 57.0 Å². The van der Waals surface area contributed by atoms with E-state index in [2.05, 4.69) is 25.9 Å². The molecule has 8 nitrogen and oxygen atoms in total. The minimum absolute atomic E-state index is 0.0149. The number of nitrogens with one attached hydrogen (secondary N) is 3. The second kappa shape index (κ2) is 9.16. The highest BCUT2D eigenvalue weighted by molar-refractivity contribution is 5.94. The summed E-state index contributed by atoms with van der Waals surface area (Å²) < 4.78 is 0. The molecule has 1 atom stereocenters. The molecule has 1 fully saturated rings. The molecule has 0 spiro atoms. The third-order valence-electron chi connectivity index (χ3n) is 4.46. The molecule has 1 aromatic heterocycles. The van der Waals surface area contributed by atoms with Crippen LogP contribution in [-0.2, 0) is 4.79 Å². The maximum atomic E-state index is 12.7. The Balaban J connectivity index is 1.54. The summed E-state index contributed by atoms with van der Waals surface area (Å²) in [5.74, 6) is 0.529. The first-order valence-electron chi connectivity index (χ1n) is 9.51. The molecule has 8 heteroatoms. The van der Waals surface area contributed by atoms with Crippen LogP contribution in [-0.4, -0.2) is 41.0 Å². The third kappa shape index (κ3) is 5.42. The molecule has 2 heterocycles. The molecule has 0 aliphatic carbocycles. The van der Waals surface area contributed by atoms with Crippen molar-refractivity contribution in [2.24, 2.45) is 5.92 Å². The van der Waals surface area contributed by atoms with Gasteiger partial charge in [0.25, 0.3) is 0 Å². The summed E-state index contributed by atoms with van der Waals surface area (Å²) in [6.07, 6.45) is 5.18. The van der Waals surface area contributed by atoms with E-state index in [0.29, 0.717) is 23.9 Å². The molecule has 0 bridgehead atoms. The first-order chi connectivity index (χ1) is 13.5. The second-order valence-electron chi connectivity index (χ2n) is 7.15. The van der Waals surface area contributed by atoms with Crippen LogP contribution in [0, 0.1) is 5.92 Å². The first kappa shape index (κ1) is 19.6. The van der Waals surface area contributed by atoms with Gasteiger partial charge in [-0.15, -0.1) is 0 Å². The number of carbonyl (C=O) groups excluding carboxylic acids is 2. The van der Waals surface area contributed by atoms with Crippen LogP contribution >= 0.6 is 0 Å². The van der Waals surface area contributed by atoms with Gasteiger partial charge in [0.05, 0.1) is 5.92 Å². The number of amides is 3. The highest BCUT2D eigenvalue weighted by Crippen LogP contribution is 2.22. The largest absolute Gasteiger partial charge is 0.340 e. The standard InChI is InChI=1S/C20H26N6O2/c1-14(2)23-20(28)25-17-8-6-16(7-9-17)24-18(27)15-5-3-12-26(13-15)19-21-10-4-11-22-19/h4,6-11,14-15H,3,5,12-13H2,1-2H3,(H,24,27)(H2,23,25,28). The zero-order valence-corrected chi connectivity index (χ0v) is 16.2. The van der Waals surface area contributed by atoms with Crippen molar-refractivity contribution >= 4 is 29.3 Å². The number of hydrogen-bond acceptors (Lipinski definition) is 5. The van der Waals surface area contributed by atoms with Crippen molar-refractivity contribution in [3.05, 3.63) is 42.7 Å². The zero-order valence-electron chi connectivity index (χ0n) is 16.2. The lowest BCUT2D eigenvalue weighted by molar-refractivity contribution is -0.120. The molecule has 3 amide bonds. The van der Waals surface area contributed by atoms with Gasteiger partial charge < -0.3 is 20.9 Å². The van der Waals surface area contributed by atoms with Crippen molar-refractivity contribution in [1.29, 1.82) is 0 Å². The maximum absolute atomic E-state index is 12.7. The van der Waals surface area contributed by atoms with Gasteiger partial charge in [0.2, 0.25) is 11.9 Å². The fourth-order valence-electron chi connectivity index (χ4n) is 3.14. The molecule has 28 heavy (non-hydrogen) atoms. The highest BCUT2D eigenvalue weighted by atomic mass is 16.2. The Morgan fingerprint density at radius 1 is 1.07 bits per heavy atom. The van der Waals surface area contributed by atoms with Gasteiger partial charge in [-0.2, -0.15) is 0 Å². The molecule has 1 saturated heterocycles. The summed E-state index contributed by atoms with van der Waals surface area (Å²) in [6.45, 7) is 5.25. The van der Waals surface area contributed by atoms with Crippen molar-refractivity contribution < 1.29 is 9.59 Å². The fraction of sp³-hybridized carbons (Fsp3) is 0.400. The van der Waals surface area contributed by atoms with Gasteiger partial charge in [-0.25, -0.2) is 14.8 Å². The first-order valence-corrected chi connectivity index (χ1v) is 9.51. The van der Waals surface area contributed by atoms with E-state index in [1.165, 1.54) is 0 Å². The Hall–Kier alpha value is -3.16. The molecule has 3 rings (SSSR count). The van der Waals surface area contributed by atoms with E-state index < -0.39 is 0 Å². The molecule has 1 aliphatic heterocycles. The Morgan fingerprint density at radius 3 is 2.36 bits per heavy atom. The average Bonchev–Trinajstić information content (AvgIpc) is 2.69. The average molecular weight is 382 g/mol. The van der Waals surface area contributed by atoms with Crippen molar-refractivity contribution in [1.82, 2.24) is 15.3 Å². The molecular weight excluding hydrogens is 356 g/mol. The lowest BCUT2D eigenvalue weighted by atomic mass is 9.97. The van der Waals surface area contributed by atoms with Crippen LogP contribution < -0.4 is 20.9 Å². The van der Waals surface area contributed by atoms with Crippen LogP contribution in [0.3, 0.4) is 0 Å². The van der Waals surface area contributed by atoms with E-state index in [4.69, 9.17) is 0 Å². The summed E-state index contributed by atoms with van der Waals surface area (Å²) in [4.78, 5) is 35.0. The van der Waals surface area contributed by atoms with Crippen LogP contribution in [0.5, 0.6) is 0 Å². The molecule has 3 N–H and O–H groups in total. The van der Waals surface area contributed by atoms with Crippen LogP contribution in [0.2, 0.25) is 0 Å². The monoisotopic (exact) mass is 382 g/mol. The number of benzene rings is 1. The predicted molar refractivity (Wildman–Crippen MR) is 109 cm³/mol. The highest BCUT2D eigenvalue weighted by Gasteiger charge is 2.27. The van der Waals surface area contributed by atoms with E-state index >= 15 is 0 Å². The van der Waals surface area contributed by atoms with Crippen molar-refractivity contribution in [2.45, 2.75) is 32.7 Å². The zero-order chi connectivity index (χ0) is 19.9. The summed E-state index contributed by atoms with van der Waals surface area (Å²) in [5.41, 5.74) is 1.37. The fourth-order valence-corrected chi connectivity index (χ4v) is 3.14. The Labute approximate surface area is 164 Å². The van der Waals surface area contributed by atoms with Gasteiger partial charge in [-0.3, -0.25) is 4.79 Å². The molecule has 0 saturated carbocycles. The molecule has 1 aromatic carbocycles. The second-order valence-corrected chi connectivity index (χ2v) is 7.15. The molecule has 1 unspecified atom stereocenters. The number of nitrogens with zero attached hydrogens (tertiary/aromatic N) is 3. The predicted octanol–water partition coefficient (Wildman–Crippen LogP) is 2.86. The van der Waals surface area contributed by atoms with E-state index in [0.717, 1.165) is 19.4 Å². The van der Waals surface area contributed by atoms with E-state index in [9.17, 15) is 9.59 Å². The quantitative estimate of drug-likeness (QED) is 0.738.